The van der Waals surface area contributed by atoms with E-state index in [-0.39, 0.29) is 11.3 Å². The smallest absolute Gasteiger partial charge is 0.310 e. The number of hydrogen-bond donors (Lipinski definition) is 3. The van der Waals surface area contributed by atoms with E-state index in [1.54, 1.807) is 72.8 Å². The molecule has 0 aromatic heterocycles. The van der Waals surface area contributed by atoms with E-state index in [0.717, 1.165) is 0 Å². The number of para-hydroxylation sites is 1. The van der Waals surface area contributed by atoms with Crippen molar-refractivity contribution in [1.82, 2.24) is 10.9 Å². The Bertz CT molecular complexity index is 1050. The van der Waals surface area contributed by atoms with Crippen LogP contribution in [0.3, 0.4) is 0 Å². The molecule has 0 aliphatic carbocycles. The molecule has 0 aliphatic rings. The molecule has 0 aliphatic heterocycles. The summed E-state index contributed by atoms with van der Waals surface area (Å²) in [6.07, 6.45) is 0. The molecule has 0 heterocycles. The SMILES string of the molecule is O=C(NNC(=O)c1ccccc1)C(=O)c1ccccc1NC(=O)c1ccccc1. The summed E-state index contributed by atoms with van der Waals surface area (Å²) in [6, 6.07) is 22.8. The summed E-state index contributed by atoms with van der Waals surface area (Å²) in [5.74, 6) is -2.90. The van der Waals surface area contributed by atoms with Crippen LogP contribution in [-0.2, 0) is 4.79 Å². The van der Waals surface area contributed by atoms with Crippen LogP contribution in [-0.4, -0.2) is 23.5 Å². The molecule has 0 unspecified atom stereocenters. The Balaban J connectivity index is 1.68. The fourth-order valence-electron chi connectivity index (χ4n) is 2.53. The first kappa shape index (κ1) is 19.5. The Labute approximate surface area is 166 Å². The van der Waals surface area contributed by atoms with Gasteiger partial charge in [0.15, 0.2) is 0 Å². The molecule has 0 fully saturated rings. The minimum Gasteiger partial charge on any atom is -0.321 e. The summed E-state index contributed by atoms with van der Waals surface area (Å²) in [4.78, 5) is 49.1. The van der Waals surface area contributed by atoms with Gasteiger partial charge in [-0.25, -0.2) is 0 Å². The number of Topliss-reactive ketones (excluding diaryl/α,β-unsaturated/α-hetero) is 1. The van der Waals surface area contributed by atoms with Gasteiger partial charge in [-0.05, 0) is 36.4 Å². The molecule has 144 valence electrons. The molecule has 0 atom stereocenters. The molecule has 0 saturated heterocycles. The molecule has 3 rings (SSSR count). The van der Waals surface area contributed by atoms with E-state index < -0.39 is 23.5 Å². The van der Waals surface area contributed by atoms with E-state index in [4.69, 9.17) is 0 Å². The minimum absolute atomic E-state index is 0.00300. The third kappa shape index (κ3) is 4.92. The van der Waals surface area contributed by atoms with Crippen LogP contribution in [0.2, 0.25) is 0 Å². The maximum absolute atomic E-state index is 12.5. The molecule has 3 aromatic carbocycles. The van der Waals surface area contributed by atoms with Gasteiger partial charge in [-0.2, -0.15) is 0 Å². The number of hydrogen-bond acceptors (Lipinski definition) is 4. The van der Waals surface area contributed by atoms with Crippen molar-refractivity contribution in [2.75, 3.05) is 5.32 Å². The minimum atomic E-state index is -1.03. The largest absolute Gasteiger partial charge is 0.321 e. The predicted octanol–water partition coefficient (Wildman–Crippen LogP) is 2.58. The van der Waals surface area contributed by atoms with Gasteiger partial charge in [0, 0.05) is 11.1 Å². The van der Waals surface area contributed by atoms with E-state index in [9.17, 15) is 19.2 Å². The molecule has 3 amide bonds. The Morgan fingerprint density at radius 1 is 0.552 bits per heavy atom. The first-order chi connectivity index (χ1) is 14.1. The Morgan fingerprint density at radius 2 is 1.07 bits per heavy atom. The van der Waals surface area contributed by atoms with Gasteiger partial charge in [-0.3, -0.25) is 30.0 Å². The maximum Gasteiger partial charge on any atom is 0.310 e. The van der Waals surface area contributed by atoms with Crippen molar-refractivity contribution in [2.24, 2.45) is 0 Å². The van der Waals surface area contributed by atoms with Gasteiger partial charge in [-0.1, -0.05) is 48.5 Å². The van der Waals surface area contributed by atoms with E-state index >= 15 is 0 Å². The third-order valence-corrected chi connectivity index (χ3v) is 3.99. The number of rotatable bonds is 5. The van der Waals surface area contributed by atoms with Crippen LogP contribution in [0.1, 0.15) is 31.1 Å². The second-order valence-corrected chi connectivity index (χ2v) is 5.97. The molecule has 0 saturated carbocycles. The number of benzene rings is 3. The number of nitrogens with one attached hydrogen (secondary N) is 3. The highest BCUT2D eigenvalue weighted by Gasteiger charge is 2.21. The van der Waals surface area contributed by atoms with Crippen molar-refractivity contribution in [3.63, 3.8) is 0 Å². The quantitative estimate of drug-likeness (QED) is 0.356. The lowest BCUT2D eigenvalue weighted by atomic mass is 10.1. The summed E-state index contributed by atoms with van der Waals surface area (Å²) < 4.78 is 0. The van der Waals surface area contributed by atoms with Crippen LogP contribution in [0.4, 0.5) is 5.69 Å². The van der Waals surface area contributed by atoms with Gasteiger partial charge < -0.3 is 5.32 Å². The summed E-state index contributed by atoms with van der Waals surface area (Å²) in [5, 5.41) is 2.63. The first-order valence-electron chi connectivity index (χ1n) is 8.72. The Morgan fingerprint density at radius 3 is 1.69 bits per heavy atom. The van der Waals surface area contributed by atoms with Gasteiger partial charge in [-0.15, -0.1) is 0 Å². The Hall–Kier alpha value is -4.26. The molecule has 3 aromatic rings. The van der Waals surface area contributed by atoms with Crippen LogP contribution in [0, 0.1) is 0 Å². The average Bonchev–Trinajstić information content (AvgIpc) is 2.78. The van der Waals surface area contributed by atoms with Crippen molar-refractivity contribution in [3.8, 4) is 0 Å². The lowest BCUT2D eigenvalue weighted by Gasteiger charge is -2.11. The molecular weight excluding hydrogens is 370 g/mol. The fourth-order valence-corrected chi connectivity index (χ4v) is 2.53. The van der Waals surface area contributed by atoms with Crippen molar-refractivity contribution in [1.29, 1.82) is 0 Å². The highest BCUT2D eigenvalue weighted by molar-refractivity contribution is 6.44. The zero-order chi connectivity index (χ0) is 20.6. The molecule has 29 heavy (non-hydrogen) atoms. The summed E-state index contributed by atoms with van der Waals surface area (Å²) in [6.45, 7) is 0. The second-order valence-electron chi connectivity index (χ2n) is 5.97. The fraction of sp³-hybridized carbons (Fsp3) is 0. The number of ketones is 1. The average molecular weight is 387 g/mol. The van der Waals surface area contributed by atoms with E-state index in [1.807, 2.05) is 0 Å². The molecule has 3 N–H and O–H groups in total. The zero-order valence-electron chi connectivity index (χ0n) is 15.2. The third-order valence-electron chi connectivity index (χ3n) is 3.99. The normalized spacial score (nSPS) is 9.93. The first-order valence-corrected chi connectivity index (χ1v) is 8.72. The summed E-state index contributed by atoms with van der Waals surface area (Å²) >= 11 is 0. The van der Waals surface area contributed by atoms with Gasteiger partial charge in [0.1, 0.15) is 0 Å². The standard InChI is InChI=1S/C22H17N3O4/c26-19(22(29)25-24-21(28)16-11-5-2-6-12-16)17-13-7-8-14-18(17)23-20(27)15-9-3-1-4-10-15/h1-14H,(H,23,27)(H,24,28)(H,25,29). The van der Waals surface area contributed by atoms with Gasteiger partial charge in [0.25, 0.3) is 17.6 Å². The van der Waals surface area contributed by atoms with Crippen molar-refractivity contribution < 1.29 is 19.2 Å². The lowest BCUT2D eigenvalue weighted by Crippen LogP contribution is -2.45. The van der Waals surface area contributed by atoms with Crippen molar-refractivity contribution in [2.45, 2.75) is 0 Å². The highest BCUT2D eigenvalue weighted by Crippen LogP contribution is 2.17. The molecule has 7 nitrogen and oxygen atoms in total. The van der Waals surface area contributed by atoms with Gasteiger partial charge >= 0.3 is 5.91 Å². The lowest BCUT2D eigenvalue weighted by molar-refractivity contribution is -0.117. The number of hydrazine groups is 1. The number of carbonyl (C=O) groups is 4. The van der Waals surface area contributed by atoms with Crippen molar-refractivity contribution in [3.05, 3.63) is 102 Å². The zero-order valence-corrected chi connectivity index (χ0v) is 15.2. The van der Waals surface area contributed by atoms with Crippen LogP contribution in [0.5, 0.6) is 0 Å². The van der Waals surface area contributed by atoms with Gasteiger partial charge in [0.05, 0.1) is 11.3 Å². The molecule has 0 spiro atoms. The van der Waals surface area contributed by atoms with Crippen LogP contribution in [0.25, 0.3) is 0 Å². The van der Waals surface area contributed by atoms with E-state index in [0.29, 0.717) is 11.1 Å². The number of carbonyl (C=O) groups excluding carboxylic acids is 4. The second kappa shape index (κ2) is 9.09. The van der Waals surface area contributed by atoms with Crippen LogP contribution in [0.15, 0.2) is 84.9 Å². The summed E-state index contributed by atoms with van der Waals surface area (Å²) in [5.41, 5.74) is 5.21. The topological polar surface area (TPSA) is 104 Å². The van der Waals surface area contributed by atoms with Crippen LogP contribution >= 0.6 is 0 Å². The highest BCUT2D eigenvalue weighted by atomic mass is 16.2. The maximum atomic E-state index is 12.5. The van der Waals surface area contributed by atoms with Gasteiger partial charge in [0.2, 0.25) is 0 Å². The number of anilines is 1. The van der Waals surface area contributed by atoms with Crippen molar-refractivity contribution >= 4 is 29.2 Å². The van der Waals surface area contributed by atoms with E-state index in [2.05, 4.69) is 16.2 Å². The predicted molar refractivity (Wildman–Crippen MR) is 107 cm³/mol. The molecule has 7 heteroatoms. The molecular formula is C22H17N3O4. The van der Waals surface area contributed by atoms with E-state index in [1.165, 1.54) is 12.1 Å². The van der Waals surface area contributed by atoms with Crippen LogP contribution < -0.4 is 16.2 Å². The summed E-state index contributed by atoms with van der Waals surface area (Å²) in [7, 11) is 0. The monoisotopic (exact) mass is 387 g/mol. The Kier molecular flexibility index (Phi) is 6.12. The number of amides is 3. The molecule has 0 radical (unpaired) electrons. The molecule has 0 bridgehead atoms.